The molecule has 1 fully saturated rings. The average molecular weight is 316 g/mol. The Morgan fingerprint density at radius 3 is 2.41 bits per heavy atom. The van der Waals surface area contributed by atoms with E-state index in [1.54, 1.807) is 36.4 Å². The highest BCUT2D eigenvalue weighted by Gasteiger charge is 2.24. The Hall–Kier alpha value is -2.34. The number of nitrogens with one attached hydrogen (secondary N) is 2. The lowest BCUT2D eigenvalue weighted by Gasteiger charge is -2.09. The summed E-state index contributed by atoms with van der Waals surface area (Å²) in [6.45, 7) is 0. The zero-order chi connectivity index (χ0) is 15.6. The van der Waals surface area contributed by atoms with E-state index in [0.717, 1.165) is 12.8 Å². The molecule has 5 nitrogen and oxygen atoms in total. The first-order valence-corrected chi connectivity index (χ1v) is 8.52. The highest BCUT2D eigenvalue weighted by Crippen LogP contribution is 2.21. The minimum absolute atomic E-state index is 0.178. The molecule has 0 unspecified atom stereocenters. The summed E-state index contributed by atoms with van der Waals surface area (Å²) in [5.74, 6) is -0.178. The lowest BCUT2D eigenvalue weighted by atomic mass is 10.2. The highest BCUT2D eigenvalue weighted by atomic mass is 32.2. The monoisotopic (exact) mass is 316 g/mol. The van der Waals surface area contributed by atoms with E-state index in [9.17, 15) is 13.2 Å². The fourth-order valence-corrected chi connectivity index (χ4v) is 3.10. The molecule has 0 radical (unpaired) electrons. The van der Waals surface area contributed by atoms with E-state index in [2.05, 4.69) is 10.0 Å². The summed E-state index contributed by atoms with van der Waals surface area (Å²) < 4.78 is 27.0. The number of hydrogen-bond donors (Lipinski definition) is 2. The van der Waals surface area contributed by atoms with Gasteiger partial charge >= 0.3 is 0 Å². The molecule has 22 heavy (non-hydrogen) atoms. The molecule has 3 rings (SSSR count). The van der Waals surface area contributed by atoms with Crippen molar-refractivity contribution in [2.45, 2.75) is 23.8 Å². The Bertz CT molecular complexity index is 784. The van der Waals surface area contributed by atoms with Crippen LogP contribution in [0.25, 0.3) is 0 Å². The van der Waals surface area contributed by atoms with Gasteiger partial charge in [-0.3, -0.25) is 9.52 Å². The molecule has 0 atom stereocenters. The van der Waals surface area contributed by atoms with Gasteiger partial charge in [0.05, 0.1) is 4.90 Å². The summed E-state index contributed by atoms with van der Waals surface area (Å²) in [6, 6.07) is 14.9. The number of hydrogen-bond acceptors (Lipinski definition) is 3. The van der Waals surface area contributed by atoms with Gasteiger partial charge in [-0.2, -0.15) is 0 Å². The van der Waals surface area contributed by atoms with E-state index in [-0.39, 0.29) is 16.8 Å². The van der Waals surface area contributed by atoms with Crippen LogP contribution in [0, 0.1) is 0 Å². The van der Waals surface area contributed by atoms with Crippen molar-refractivity contribution >= 4 is 21.6 Å². The smallest absolute Gasteiger partial charge is 0.261 e. The van der Waals surface area contributed by atoms with Crippen LogP contribution in [0.4, 0.5) is 5.69 Å². The Morgan fingerprint density at radius 2 is 1.73 bits per heavy atom. The van der Waals surface area contributed by atoms with Crippen LogP contribution < -0.4 is 10.0 Å². The Labute approximate surface area is 129 Å². The molecule has 0 bridgehead atoms. The Morgan fingerprint density at radius 1 is 1.00 bits per heavy atom. The van der Waals surface area contributed by atoms with Crippen molar-refractivity contribution < 1.29 is 13.2 Å². The van der Waals surface area contributed by atoms with Crippen LogP contribution in [0.1, 0.15) is 23.2 Å². The maximum atomic E-state index is 12.3. The molecule has 0 spiro atoms. The van der Waals surface area contributed by atoms with Gasteiger partial charge in [0.2, 0.25) is 0 Å². The lowest BCUT2D eigenvalue weighted by molar-refractivity contribution is 0.0951. The second-order valence-corrected chi connectivity index (χ2v) is 6.93. The van der Waals surface area contributed by atoms with Gasteiger partial charge < -0.3 is 5.32 Å². The van der Waals surface area contributed by atoms with E-state index in [1.165, 1.54) is 18.2 Å². The average Bonchev–Trinajstić information content (AvgIpc) is 3.32. The molecule has 0 saturated heterocycles. The third kappa shape index (κ3) is 3.46. The third-order valence-corrected chi connectivity index (χ3v) is 4.74. The van der Waals surface area contributed by atoms with Gasteiger partial charge in [-0.25, -0.2) is 8.42 Å². The second-order valence-electron chi connectivity index (χ2n) is 5.25. The molecule has 0 heterocycles. The van der Waals surface area contributed by atoms with E-state index in [4.69, 9.17) is 0 Å². The van der Waals surface area contributed by atoms with Gasteiger partial charge in [0.1, 0.15) is 0 Å². The van der Waals surface area contributed by atoms with E-state index < -0.39 is 10.0 Å². The molecule has 2 aromatic rings. The van der Waals surface area contributed by atoms with E-state index in [0.29, 0.717) is 11.3 Å². The number of sulfonamides is 1. The number of amides is 1. The van der Waals surface area contributed by atoms with Gasteiger partial charge in [-0.1, -0.05) is 24.3 Å². The van der Waals surface area contributed by atoms with Crippen LogP contribution in [0.15, 0.2) is 59.5 Å². The van der Waals surface area contributed by atoms with Crippen molar-refractivity contribution in [2.75, 3.05) is 4.72 Å². The van der Waals surface area contributed by atoms with Crippen LogP contribution in [0.3, 0.4) is 0 Å². The molecule has 2 N–H and O–H groups in total. The van der Waals surface area contributed by atoms with Gasteiger partial charge in [-0.15, -0.1) is 0 Å². The molecular weight excluding hydrogens is 300 g/mol. The fourth-order valence-electron chi connectivity index (χ4n) is 2.03. The minimum Gasteiger partial charge on any atom is -0.349 e. The molecule has 6 heteroatoms. The normalized spacial score (nSPS) is 14.4. The maximum Gasteiger partial charge on any atom is 0.261 e. The first-order valence-electron chi connectivity index (χ1n) is 7.03. The van der Waals surface area contributed by atoms with Crippen LogP contribution in [-0.2, 0) is 10.0 Å². The summed E-state index contributed by atoms with van der Waals surface area (Å²) in [5, 5.41) is 2.88. The summed E-state index contributed by atoms with van der Waals surface area (Å²) in [7, 11) is -3.65. The molecule has 2 aromatic carbocycles. The molecule has 114 valence electrons. The minimum atomic E-state index is -3.65. The first kappa shape index (κ1) is 14.6. The predicted octanol–water partition coefficient (Wildman–Crippen LogP) is 2.38. The van der Waals surface area contributed by atoms with E-state index >= 15 is 0 Å². The maximum absolute atomic E-state index is 12.3. The quantitative estimate of drug-likeness (QED) is 0.889. The Kier molecular flexibility index (Phi) is 3.85. The SMILES string of the molecule is O=C(NC1CC1)c1cccc(NS(=O)(=O)c2ccccc2)c1. The van der Waals surface area contributed by atoms with Gasteiger partial charge in [0.25, 0.3) is 15.9 Å². The van der Waals surface area contributed by atoms with Crippen molar-refractivity contribution in [3.05, 3.63) is 60.2 Å². The number of carbonyl (C=O) groups excluding carboxylic acids is 1. The largest absolute Gasteiger partial charge is 0.349 e. The molecule has 0 aliphatic heterocycles. The van der Waals surface area contributed by atoms with Crippen LogP contribution in [0.5, 0.6) is 0 Å². The molecule has 1 aliphatic carbocycles. The number of anilines is 1. The Balaban J connectivity index is 1.79. The van der Waals surface area contributed by atoms with Crippen molar-refractivity contribution in [2.24, 2.45) is 0 Å². The fraction of sp³-hybridized carbons (Fsp3) is 0.188. The molecule has 1 aliphatic rings. The van der Waals surface area contributed by atoms with Gasteiger partial charge in [0.15, 0.2) is 0 Å². The van der Waals surface area contributed by atoms with Gasteiger partial charge in [-0.05, 0) is 43.2 Å². The zero-order valence-electron chi connectivity index (χ0n) is 11.8. The van der Waals surface area contributed by atoms with Crippen molar-refractivity contribution in [3.63, 3.8) is 0 Å². The highest BCUT2D eigenvalue weighted by molar-refractivity contribution is 7.92. The summed E-state index contributed by atoms with van der Waals surface area (Å²) in [5.41, 5.74) is 0.812. The van der Waals surface area contributed by atoms with Crippen LogP contribution >= 0.6 is 0 Å². The van der Waals surface area contributed by atoms with Crippen molar-refractivity contribution in [1.29, 1.82) is 0 Å². The predicted molar refractivity (Wildman–Crippen MR) is 84.2 cm³/mol. The summed E-state index contributed by atoms with van der Waals surface area (Å²) in [6.07, 6.45) is 2.01. The van der Waals surface area contributed by atoms with Crippen molar-refractivity contribution in [3.8, 4) is 0 Å². The standard InChI is InChI=1S/C16H16N2O3S/c19-16(17-13-9-10-13)12-5-4-6-14(11-12)18-22(20,21)15-7-2-1-3-8-15/h1-8,11,13,18H,9-10H2,(H,17,19). The molecule has 1 saturated carbocycles. The zero-order valence-corrected chi connectivity index (χ0v) is 12.6. The number of rotatable bonds is 5. The topological polar surface area (TPSA) is 75.3 Å². The van der Waals surface area contributed by atoms with Crippen molar-refractivity contribution in [1.82, 2.24) is 5.32 Å². The van der Waals surface area contributed by atoms with Gasteiger partial charge in [0, 0.05) is 17.3 Å². The summed E-state index contributed by atoms with van der Waals surface area (Å²) in [4.78, 5) is 12.2. The summed E-state index contributed by atoms with van der Waals surface area (Å²) >= 11 is 0. The van der Waals surface area contributed by atoms with Crippen LogP contribution in [0.2, 0.25) is 0 Å². The number of benzene rings is 2. The van der Waals surface area contributed by atoms with Crippen LogP contribution in [-0.4, -0.2) is 20.4 Å². The van der Waals surface area contributed by atoms with E-state index in [1.807, 2.05) is 0 Å². The lowest BCUT2D eigenvalue weighted by Crippen LogP contribution is -2.25. The third-order valence-electron chi connectivity index (χ3n) is 3.34. The molecular formula is C16H16N2O3S. The molecule has 1 amide bonds. The number of carbonyl (C=O) groups is 1. The second kappa shape index (κ2) is 5.81. The molecule has 0 aromatic heterocycles. The first-order chi connectivity index (χ1) is 10.5.